The van der Waals surface area contributed by atoms with Crippen molar-refractivity contribution in [3.8, 4) is 0 Å². The molecule has 16 heavy (non-hydrogen) atoms. The molecule has 0 fully saturated rings. The molecule has 0 radical (unpaired) electrons. The molecular weight excluding hydrogens is 295 g/mol. The minimum Gasteiger partial charge on any atom is -0.308 e. The number of hydrogen-bond donors (Lipinski definition) is 2. The minimum absolute atomic E-state index is 0.0969. The molecule has 0 aliphatic rings. The Hall–Kier alpha value is 0.0400. The largest absolute Gasteiger partial charge is 0.430 e. The molecule has 0 spiro atoms. The summed E-state index contributed by atoms with van der Waals surface area (Å²) in [6, 6.07) is 2.73. The molecule has 2 N–H and O–H groups in total. The Bertz CT molecular complexity index is 441. The second-order valence-corrected chi connectivity index (χ2v) is 5.54. The molecule has 0 heterocycles. The molecule has 0 aliphatic carbocycles. The van der Waals surface area contributed by atoms with Crippen LogP contribution in [0.5, 0.6) is 0 Å². The molecule has 1 aromatic rings. The van der Waals surface area contributed by atoms with Gasteiger partial charge in [0, 0.05) is 0 Å². The molecular formula is C8H9Cl3NO3P. The molecule has 0 saturated heterocycles. The smallest absolute Gasteiger partial charge is 0.308 e. The van der Waals surface area contributed by atoms with E-state index in [1.165, 1.54) is 12.1 Å². The van der Waals surface area contributed by atoms with E-state index in [0.29, 0.717) is 0 Å². The van der Waals surface area contributed by atoms with Crippen molar-refractivity contribution in [1.82, 2.24) is 0 Å². The number of rotatable bonds is 4. The van der Waals surface area contributed by atoms with Crippen molar-refractivity contribution in [3.05, 3.63) is 27.2 Å². The van der Waals surface area contributed by atoms with Crippen LogP contribution < -0.4 is 5.09 Å². The van der Waals surface area contributed by atoms with Gasteiger partial charge in [0.25, 0.3) is 0 Å². The lowest BCUT2D eigenvalue weighted by Crippen LogP contribution is -2.00. The van der Waals surface area contributed by atoms with E-state index in [-0.39, 0.29) is 27.4 Å². The van der Waals surface area contributed by atoms with Gasteiger partial charge in [-0.15, -0.1) is 0 Å². The van der Waals surface area contributed by atoms with Gasteiger partial charge in [-0.2, -0.15) is 0 Å². The SMILES string of the molecule is CCOP(=O)(O)Nc1cc(Cl)c(Cl)cc1Cl. The first-order chi connectivity index (χ1) is 7.35. The van der Waals surface area contributed by atoms with Crippen LogP contribution in [0, 0.1) is 0 Å². The molecule has 1 atom stereocenters. The van der Waals surface area contributed by atoms with E-state index in [4.69, 9.17) is 34.8 Å². The fourth-order valence-corrected chi connectivity index (χ4v) is 2.53. The van der Waals surface area contributed by atoms with Crippen LogP contribution in [0.25, 0.3) is 0 Å². The van der Waals surface area contributed by atoms with E-state index in [0.717, 1.165) is 0 Å². The Kier molecular flexibility index (Phi) is 4.92. The molecule has 1 aromatic carbocycles. The molecule has 4 nitrogen and oxygen atoms in total. The van der Waals surface area contributed by atoms with Gasteiger partial charge in [0.2, 0.25) is 0 Å². The average molecular weight is 304 g/mol. The topological polar surface area (TPSA) is 58.6 Å². The van der Waals surface area contributed by atoms with E-state index in [9.17, 15) is 9.46 Å². The van der Waals surface area contributed by atoms with Crippen LogP contribution in [0.2, 0.25) is 15.1 Å². The van der Waals surface area contributed by atoms with E-state index in [1.54, 1.807) is 6.92 Å². The maximum Gasteiger partial charge on any atom is 0.430 e. The highest BCUT2D eigenvalue weighted by molar-refractivity contribution is 7.54. The van der Waals surface area contributed by atoms with Crippen molar-refractivity contribution < 1.29 is 14.0 Å². The summed E-state index contributed by atoms with van der Waals surface area (Å²) in [5.74, 6) is 0. The standard InChI is InChI=1S/C8H9Cl3NO3P/c1-2-15-16(13,14)12-8-4-6(10)5(9)3-7(8)11/h3-4H,2H2,1H3,(H2,12,13,14). The monoisotopic (exact) mass is 303 g/mol. The summed E-state index contributed by atoms with van der Waals surface area (Å²) in [6.45, 7) is 1.70. The zero-order valence-corrected chi connectivity index (χ0v) is 11.4. The third kappa shape index (κ3) is 3.81. The first-order valence-corrected chi connectivity index (χ1v) is 6.97. The number of nitrogens with one attached hydrogen (secondary N) is 1. The number of hydrogen-bond acceptors (Lipinski definition) is 2. The first-order valence-electron chi connectivity index (χ1n) is 4.26. The zero-order chi connectivity index (χ0) is 12.3. The van der Waals surface area contributed by atoms with Crippen LogP contribution in [0.1, 0.15) is 6.92 Å². The predicted molar refractivity (Wildman–Crippen MR) is 66.5 cm³/mol. The van der Waals surface area contributed by atoms with E-state index >= 15 is 0 Å². The molecule has 0 aliphatic heterocycles. The molecule has 1 unspecified atom stereocenters. The summed E-state index contributed by atoms with van der Waals surface area (Å²) >= 11 is 17.3. The van der Waals surface area contributed by atoms with Crippen LogP contribution in [0.15, 0.2) is 12.1 Å². The fraction of sp³-hybridized carbons (Fsp3) is 0.250. The van der Waals surface area contributed by atoms with Crippen molar-refractivity contribution >= 4 is 48.2 Å². The van der Waals surface area contributed by atoms with Gasteiger partial charge in [0.1, 0.15) is 0 Å². The summed E-state index contributed by atoms with van der Waals surface area (Å²) in [5.41, 5.74) is 0.190. The lowest BCUT2D eigenvalue weighted by atomic mass is 10.3. The molecule has 0 saturated carbocycles. The molecule has 0 aromatic heterocycles. The Labute approximate surface area is 108 Å². The maximum absolute atomic E-state index is 11.4. The van der Waals surface area contributed by atoms with Gasteiger partial charge < -0.3 is 4.89 Å². The van der Waals surface area contributed by atoms with Crippen molar-refractivity contribution in [2.75, 3.05) is 11.7 Å². The van der Waals surface area contributed by atoms with Crippen LogP contribution >= 0.6 is 42.5 Å². The van der Waals surface area contributed by atoms with Crippen LogP contribution in [0.3, 0.4) is 0 Å². The van der Waals surface area contributed by atoms with Crippen molar-refractivity contribution in [2.24, 2.45) is 0 Å². The van der Waals surface area contributed by atoms with Gasteiger partial charge in [-0.1, -0.05) is 34.8 Å². The van der Waals surface area contributed by atoms with Crippen LogP contribution in [-0.2, 0) is 9.09 Å². The Morgan fingerprint density at radius 2 is 1.88 bits per heavy atom. The highest BCUT2D eigenvalue weighted by atomic mass is 35.5. The normalized spacial score (nSPS) is 14.6. The predicted octanol–water partition coefficient (Wildman–Crippen LogP) is 4.20. The first kappa shape index (κ1) is 14.1. The second-order valence-electron chi connectivity index (χ2n) is 2.80. The quantitative estimate of drug-likeness (QED) is 0.646. The number of halogens is 3. The zero-order valence-electron chi connectivity index (χ0n) is 8.21. The van der Waals surface area contributed by atoms with Crippen LogP contribution in [0.4, 0.5) is 5.69 Å². The fourth-order valence-electron chi connectivity index (χ4n) is 0.968. The van der Waals surface area contributed by atoms with Gasteiger partial charge in [-0.3, -0.25) is 9.61 Å². The van der Waals surface area contributed by atoms with E-state index in [1.807, 2.05) is 0 Å². The number of anilines is 1. The van der Waals surface area contributed by atoms with Crippen molar-refractivity contribution in [3.63, 3.8) is 0 Å². The maximum atomic E-state index is 11.4. The van der Waals surface area contributed by atoms with Gasteiger partial charge >= 0.3 is 7.75 Å². The molecule has 0 bridgehead atoms. The Morgan fingerprint density at radius 1 is 1.31 bits per heavy atom. The lowest BCUT2D eigenvalue weighted by Gasteiger charge is -2.14. The lowest BCUT2D eigenvalue weighted by molar-refractivity contribution is 0.279. The summed E-state index contributed by atoms with van der Waals surface area (Å²) in [7, 11) is -3.91. The van der Waals surface area contributed by atoms with Gasteiger partial charge in [-0.05, 0) is 19.1 Å². The van der Waals surface area contributed by atoms with Crippen LogP contribution in [-0.4, -0.2) is 11.5 Å². The van der Waals surface area contributed by atoms with E-state index in [2.05, 4.69) is 9.61 Å². The third-order valence-electron chi connectivity index (χ3n) is 1.58. The van der Waals surface area contributed by atoms with E-state index < -0.39 is 7.75 Å². The molecule has 8 heteroatoms. The van der Waals surface area contributed by atoms with Crippen molar-refractivity contribution in [2.45, 2.75) is 6.92 Å². The Balaban J connectivity index is 2.98. The Morgan fingerprint density at radius 3 is 2.44 bits per heavy atom. The highest BCUT2D eigenvalue weighted by Crippen LogP contribution is 2.45. The van der Waals surface area contributed by atoms with Gasteiger partial charge in [-0.25, -0.2) is 4.57 Å². The van der Waals surface area contributed by atoms with Crippen molar-refractivity contribution in [1.29, 1.82) is 0 Å². The van der Waals surface area contributed by atoms with Gasteiger partial charge in [0.15, 0.2) is 0 Å². The molecule has 1 rings (SSSR count). The summed E-state index contributed by atoms with van der Waals surface area (Å²) in [5, 5.41) is 2.95. The second kappa shape index (κ2) is 5.58. The number of benzene rings is 1. The molecule has 0 amide bonds. The summed E-state index contributed by atoms with van der Waals surface area (Å²) in [6.07, 6.45) is 0. The third-order valence-corrected chi connectivity index (χ3v) is 3.74. The van der Waals surface area contributed by atoms with Gasteiger partial charge in [0.05, 0.1) is 27.4 Å². The molecule has 90 valence electrons. The highest BCUT2D eigenvalue weighted by Gasteiger charge is 2.20. The minimum atomic E-state index is -3.91. The summed E-state index contributed by atoms with van der Waals surface area (Å²) in [4.78, 5) is 9.34. The summed E-state index contributed by atoms with van der Waals surface area (Å²) < 4.78 is 16.0. The average Bonchev–Trinajstić information content (AvgIpc) is 2.13.